The van der Waals surface area contributed by atoms with Crippen molar-refractivity contribution in [1.82, 2.24) is 0 Å². The SMILES string of the molecule is O=C([O-])Cc1ccc2c(c1)Cc1ccccc1CS2(=O)=O.[Na+]. The van der Waals surface area contributed by atoms with Gasteiger partial charge in [-0.1, -0.05) is 36.4 Å². The zero-order valence-corrected chi connectivity index (χ0v) is 15.0. The second kappa shape index (κ2) is 6.54. The van der Waals surface area contributed by atoms with Crippen LogP contribution in [0.3, 0.4) is 0 Å². The van der Waals surface area contributed by atoms with E-state index in [0.29, 0.717) is 22.4 Å². The van der Waals surface area contributed by atoms with Crippen LogP contribution < -0.4 is 34.7 Å². The zero-order valence-electron chi connectivity index (χ0n) is 12.2. The first-order valence-corrected chi connectivity index (χ1v) is 8.22. The fourth-order valence-electron chi connectivity index (χ4n) is 2.71. The molecule has 0 aromatic heterocycles. The van der Waals surface area contributed by atoms with Gasteiger partial charge >= 0.3 is 29.6 Å². The first kappa shape index (κ1) is 17.2. The summed E-state index contributed by atoms with van der Waals surface area (Å²) in [6, 6.07) is 12.1. The number of rotatable bonds is 2. The number of carboxylic acids is 1. The van der Waals surface area contributed by atoms with Crippen LogP contribution in [0.4, 0.5) is 0 Å². The zero-order chi connectivity index (χ0) is 15.0. The van der Waals surface area contributed by atoms with Crippen LogP contribution in [-0.4, -0.2) is 14.4 Å². The molecule has 0 amide bonds. The number of carbonyl (C=O) groups excluding carboxylic acids is 1. The summed E-state index contributed by atoms with van der Waals surface area (Å²) >= 11 is 0. The summed E-state index contributed by atoms with van der Waals surface area (Å²) in [6.45, 7) is 0. The van der Waals surface area contributed by atoms with E-state index in [9.17, 15) is 18.3 Å². The minimum Gasteiger partial charge on any atom is -0.550 e. The van der Waals surface area contributed by atoms with E-state index in [1.165, 1.54) is 6.07 Å². The molecule has 0 aliphatic carbocycles. The van der Waals surface area contributed by atoms with E-state index in [-0.39, 0.29) is 41.7 Å². The molecule has 0 radical (unpaired) electrons. The van der Waals surface area contributed by atoms with Gasteiger partial charge in [0, 0.05) is 12.4 Å². The van der Waals surface area contributed by atoms with Crippen LogP contribution in [-0.2, 0) is 33.2 Å². The first-order chi connectivity index (χ1) is 9.95. The predicted molar refractivity (Wildman–Crippen MR) is 75.3 cm³/mol. The molecule has 0 unspecified atom stereocenters. The Morgan fingerprint density at radius 3 is 2.41 bits per heavy atom. The molecule has 0 bridgehead atoms. The molecular weight excluding hydrogens is 311 g/mol. The second-order valence-electron chi connectivity index (χ2n) is 5.20. The Bertz CT molecular complexity index is 828. The molecule has 1 aliphatic heterocycles. The van der Waals surface area contributed by atoms with Crippen LogP contribution in [0.25, 0.3) is 0 Å². The number of aliphatic carboxylic acids is 1. The van der Waals surface area contributed by atoms with Crippen molar-refractivity contribution in [2.24, 2.45) is 0 Å². The molecule has 2 aromatic rings. The molecule has 3 rings (SSSR count). The van der Waals surface area contributed by atoms with Gasteiger partial charge in [-0.3, -0.25) is 0 Å². The molecule has 0 atom stereocenters. The molecule has 4 nitrogen and oxygen atoms in total. The second-order valence-corrected chi connectivity index (χ2v) is 7.15. The first-order valence-electron chi connectivity index (χ1n) is 6.57. The molecule has 0 saturated carbocycles. The Balaban J connectivity index is 0.00000176. The summed E-state index contributed by atoms with van der Waals surface area (Å²) in [5.41, 5.74) is 2.97. The van der Waals surface area contributed by atoms with Crippen molar-refractivity contribution in [3.63, 3.8) is 0 Å². The third kappa shape index (κ3) is 3.43. The van der Waals surface area contributed by atoms with E-state index in [1.54, 1.807) is 12.1 Å². The van der Waals surface area contributed by atoms with Gasteiger partial charge in [-0.15, -0.1) is 0 Å². The number of sulfone groups is 1. The monoisotopic (exact) mass is 324 g/mol. The normalized spacial score (nSPS) is 14.9. The average Bonchev–Trinajstić information content (AvgIpc) is 2.50. The van der Waals surface area contributed by atoms with E-state index in [2.05, 4.69) is 0 Å². The Morgan fingerprint density at radius 2 is 1.73 bits per heavy atom. The molecule has 0 N–H and O–H groups in total. The van der Waals surface area contributed by atoms with Crippen LogP contribution in [0, 0.1) is 0 Å². The molecule has 2 aromatic carbocycles. The number of carboxylic acid groups (broad SMARTS) is 1. The van der Waals surface area contributed by atoms with Gasteiger partial charge in [0.2, 0.25) is 0 Å². The quantitative estimate of drug-likeness (QED) is 0.591. The summed E-state index contributed by atoms with van der Waals surface area (Å²) in [7, 11) is -3.40. The van der Waals surface area contributed by atoms with Crippen LogP contribution >= 0.6 is 0 Å². The maximum absolute atomic E-state index is 12.5. The Hall–Kier alpha value is -1.14. The number of carbonyl (C=O) groups is 1. The van der Waals surface area contributed by atoms with Gasteiger partial charge in [0.05, 0.1) is 10.6 Å². The molecular formula is C16H13NaO4S. The van der Waals surface area contributed by atoms with E-state index < -0.39 is 15.8 Å². The Morgan fingerprint density at radius 1 is 1.05 bits per heavy atom. The molecule has 1 heterocycles. The predicted octanol–water partition coefficient (Wildman–Crippen LogP) is -2.14. The minimum absolute atomic E-state index is 0. The maximum atomic E-state index is 12.5. The van der Waals surface area contributed by atoms with Gasteiger partial charge in [0.15, 0.2) is 9.84 Å². The van der Waals surface area contributed by atoms with Crippen molar-refractivity contribution < 1.29 is 47.9 Å². The van der Waals surface area contributed by atoms with E-state index >= 15 is 0 Å². The molecule has 6 heteroatoms. The smallest absolute Gasteiger partial charge is 0.550 e. The van der Waals surface area contributed by atoms with Gasteiger partial charge in [0.25, 0.3) is 0 Å². The van der Waals surface area contributed by atoms with Crippen LogP contribution in [0.15, 0.2) is 47.4 Å². The molecule has 0 fully saturated rings. The average molecular weight is 324 g/mol. The van der Waals surface area contributed by atoms with Crippen LogP contribution in [0.1, 0.15) is 22.3 Å². The largest absolute Gasteiger partial charge is 1.00 e. The Labute approximate surface area is 151 Å². The molecule has 1 aliphatic rings. The number of benzene rings is 2. The van der Waals surface area contributed by atoms with Crippen LogP contribution in [0.2, 0.25) is 0 Å². The molecule has 0 saturated heterocycles. The van der Waals surface area contributed by atoms with Crippen molar-refractivity contribution in [3.05, 3.63) is 64.7 Å². The fraction of sp³-hybridized carbons (Fsp3) is 0.188. The van der Waals surface area contributed by atoms with Crippen molar-refractivity contribution in [3.8, 4) is 0 Å². The van der Waals surface area contributed by atoms with Crippen molar-refractivity contribution in [2.45, 2.75) is 23.5 Å². The topological polar surface area (TPSA) is 74.3 Å². The van der Waals surface area contributed by atoms with Crippen molar-refractivity contribution >= 4 is 15.8 Å². The number of hydrogen-bond donors (Lipinski definition) is 0. The summed E-state index contributed by atoms with van der Waals surface area (Å²) < 4.78 is 24.9. The molecule has 22 heavy (non-hydrogen) atoms. The Kier molecular flexibility index (Phi) is 5.12. The summed E-state index contributed by atoms with van der Waals surface area (Å²) in [6.07, 6.45) is 0.278. The summed E-state index contributed by atoms with van der Waals surface area (Å²) in [5, 5.41) is 10.7. The van der Waals surface area contributed by atoms with E-state index in [0.717, 1.165) is 11.1 Å². The summed E-state index contributed by atoms with van der Waals surface area (Å²) in [4.78, 5) is 11.0. The minimum atomic E-state index is -3.40. The van der Waals surface area contributed by atoms with Gasteiger partial charge in [-0.25, -0.2) is 8.42 Å². The van der Waals surface area contributed by atoms with Gasteiger partial charge in [0.1, 0.15) is 0 Å². The van der Waals surface area contributed by atoms with Gasteiger partial charge in [-0.2, -0.15) is 0 Å². The fourth-order valence-corrected chi connectivity index (χ4v) is 4.36. The van der Waals surface area contributed by atoms with E-state index in [1.807, 2.05) is 24.3 Å². The van der Waals surface area contributed by atoms with Crippen molar-refractivity contribution in [1.29, 1.82) is 0 Å². The molecule has 0 spiro atoms. The van der Waals surface area contributed by atoms with Crippen molar-refractivity contribution in [2.75, 3.05) is 0 Å². The number of fused-ring (bicyclic) bond motifs is 2. The van der Waals surface area contributed by atoms with Crippen LogP contribution in [0.5, 0.6) is 0 Å². The van der Waals surface area contributed by atoms with E-state index in [4.69, 9.17) is 0 Å². The third-order valence-electron chi connectivity index (χ3n) is 3.65. The van der Waals surface area contributed by atoms with Gasteiger partial charge in [-0.05, 0) is 34.7 Å². The number of hydrogen-bond acceptors (Lipinski definition) is 4. The summed E-state index contributed by atoms with van der Waals surface area (Å²) in [5.74, 6) is -1.19. The third-order valence-corrected chi connectivity index (χ3v) is 5.41. The van der Waals surface area contributed by atoms with Gasteiger partial charge < -0.3 is 9.90 Å². The maximum Gasteiger partial charge on any atom is 1.00 e. The molecule has 108 valence electrons. The standard InChI is InChI=1S/C16H14O4S.Na/c17-16(18)8-11-5-6-15-14(7-11)9-12-3-1-2-4-13(12)10-21(15,19)20;/h1-7H,8-10H2,(H,17,18);/q;+1/p-1.